The van der Waals surface area contributed by atoms with Gasteiger partial charge in [-0.3, -0.25) is 0 Å². The predicted molar refractivity (Wildman–Crippen MR) is 34.0 cm³/mol. The molecule has 1 saturated carbocycles. The van der Waals surface area contributed by atoms with Crippen LogP contribution in [0.25, 0.3) is 0 Å². The van der Waals surface area contributed by atoms with Crippen LogP contribution in [0, 0.1) is 0 Å². The quantitative estimate of drug-likeness (QED) is 0.531. The van der Waals surface area contributed by atoms with E-state index in [0.29, 0.717) is 12.8 Å². The van der Waals surface area contributed by atoms with E-state index in [0.717, 1.165) is 12.8 Å². The van der Waals surface area contributed by atoms with Gasteiger partial charge in [-0.15, -0.1) is 0 Å². The van der Waals surface area contributed by atoms with Gasteiger partial charge in [-0.2, -0.15) is 0 Å². The fraction of sp³-hybridized carbons (Fsp3) is 1.00. The molecule has 1 nitrogen and oxygen atoms in total. The number of hydrogen-bond donors (Lipinski definition) is 1. The molecule has 2 atom stereocenters. The minimum atomic E-state index is -1.31. The molecule has 0 bridgehead atoms. The lowest BCUT2D eigenvalue weighted by Gasteiger charge is -2.30. The number of rotatable bonds is 0. The molecule has 0 heterocycles. The van der Waals surface area contributed by atoms with Crippen molar-refractivity contribution >= 4 is 0 Å². The molecule has 0 aromatic carbocycles. The molecular formula is C7H13FO. The summed E-state index contributed by atoms with van der Waals surface area (Å²) in [5.41, 5.74) is -1.31. The zero-order chi connectivity index (χ0) is 6.91. The lowest BCUT2D eigenvalue weighted by molar-refractivity contribution is -0.0268. The van der Waals surface area contributed by atoms with Crippen molar-refractivity contribution in [1.82, 2.24) is 0 Å². The Morgan fingerprint density at radius 2 is 2.22 bits per heavy atom. The van der Waals surface area contributed by atoms with E-state index in [-0.39, 0.29) is 0 Å². The summed E-state index contributed by atoms with van der Waals surface area (Å²) in [5.74, 6) is 0. The van der Waals surface area contributed by atoms with Crippen molar-refractivity contribution in [3.8, 4) is 0 Å². The molecule has 1 aliphatic carbocycles. The van der Waals surface area contributed by atoms with Crippen LogP contribution < -0.4 is 0 Å². The first-order chi connectivity index (χ1) is 4.13. The normalized spacial score (nSPS) is 45.0. The van der Waals surface area contributed by atoms with Crippen molar-refractivity contribution in [3.05, 3.63) is 0 Å². The molecule has 1 aliphatic rings. The van der Waals surface area contributed by atoms with Gasteiger partial charge in [0.1, 0.15) is 5.67 Å². The van der Waals surface area contributed by atoms with Gasteiger partial charge in [-0.25, -0.2) is 4.39 Å². The second kappa shape index (κ2) is 2.25. The van der Waals surface area contributed by atoms with Crippen molar-refractivity contribution in [2.24, 2.45) is 0 Å². The lowest BCUT2D eigenvalue weighted by Crippen LogP contribution is -2.37. The maximum absolute atomic E-state index is 13.0. The fourth-order valence-corrected chi connectivity index (χ4v) is 1.28. The first kappa shape index (κ1) is 7.00. The average Bonchev–Trinajstić information content (AvgIpc) is 1.77. The van der Waals surface area contributed by atoms with Crippen molar-refractivity contribution in [2.45, 2.75) is 44.4 Å². The number of aliphatic hydroxyl groups is 1. The van der Waals surface area contributed by atoms with Crippen LogP contribution in [0.2, 0.25) is 0 Å². The van der Waals surface area contributed by atoms with E-state index in [4.69, 9.17) is 5.11 Å². The molecule has 0 spiro atoms. The van der Waals surface area contributed by atoms with Gasteiger partial charge in [0.05, 0.1) is 6.10 Å². The SMILES string of the molecule is CC1(F)CCCCC1O. The van der Waals surface area contributed by atoms with Gasteiger partial charge < -0.3 is 5.11 Å². The third-order valence-corrected chi connectivity index (χ3v) is 2.09. The standard InChI is InChI=1S/C7H13FO/c1-7(8)5-3-2-4-6(7)9/h6,9H,2-5H2,1H3. The third-order valence-electron chi connectivity index (χ3n) is 2.09. The van der Waals surface area contributed by atoms with Crippen LogP contribution in [0.5, 0.6) is 0 Å². The molecule has 54 valence electrons. The highest BCUT2D eigenvalue weighted by Gasteiger charge is 2.34. The molecule has 0 saturated heterocycles. The van der Waals surface area contributed by atoms with Gasteiger partial charge in [-0.1, -0.05) is 12.8 Å². The second-order valence-corrected chi connectivity index (χ2v) is 3.04. The zero-order valence-corrected chi connectivity index (χ0v) is 5.73. The van der Waals surface area contributed by atoms with Crippen molar-refractivity contribution in [2.75, 3.05) is 0 Å². The smallest absolute Gasteiger partial charge is 0.134 e. The fourth-order valence-electron chi connectivity index (χ4n) is 1.28. The van der Waals surface area contributed by atoms with Crippen LogP contribution in [-0.4, -0.2) is 16.9 Å². The summed E-state index contributed by atoms with van der Waals surface area (Å²) < 4.78 is 13.0. The van der Waals surface area contributed by atoms with E-state index in [1.165, 1.54) is 6.92 Å². The molecule has 1 N–H and O–H groups in total. The van der Waals surface area contributed by atoms with Gasteiger partial charge in [0.2, 0.25) is 0 Å². The third kappa shape index (κ3) is 1.42. The van der Waals surface area contributed by atoms with E-state index in [2.05, 4.69) is 0 Å². The first-order valence-electron chi connectivity index (χ1n) is 3.50. The summed E-state index contributed by atoms with van der Waals surface area (Å²) in [5, 5.41) is 9.06. The van der Waals surface area contributed by atoms with Crippen LogP contribution in [0.1, 0.15) is 32.6 Å². The molecule has 2 heteroatoms. The van der Waals surface area contributed by atoms with Crippen LogP contribution in [-0.2, 0) is 0 Å². The maximum Gasteiger partial charge on any atom is 0.134 e. The van der Waals surface area contributed by atoms with Crippen molar-refractivity contribution in [3.63, 3.8) is 0 Å². The van der Waals surface area contributed by atoms with Crippen LogP contribution in [0.4, 0.5) is 4.39 Å². The monoisotopic (exact) mass is 132 g/mol. The molecule has 0 amide bonds. The minimum absolute atomic E-state index is 0.522. The number of halogens is 1. The molecule has 0 radical (unpaired) electrons. The topological polar surface area (TPSA) is 20.2 Å². The lowest BCUT2D eigenvalue weighted by atomic mass is 9.85. The van der Waals surface area contributed by atoms with Crippen molar-refractivity contribution < 1.29 is 9.50 Å². The van der Waals surface area contributed by atoms with Crippen LogP contribution >= 0.6 is 0 Å². The highest BCUT2D eigenvalue weighted by molar-refractivity contribution is 4.85. The first-order valence-corrected chi connectivity index (χ1v) is 3.50. The number of hydrogen-bond acceptors (Lipinski definition) is 1. The summed E-state index contributed by atoms with van der Waals surface area (Å²) in [7, 11) is 0. The van der Waals surface area contributed by atoms with E-state index >= 15 is 0 Å². The Balaban J connectivity index is 2.49. The molecule has 2 unspecified atom stereocenters. The summed E-state index contributed by atoms with van der Waals surface area (Å²) in [6, 6.07) is 0. The Morgan fingerprint density at radius 3 is 2.56 bits per heavy atom. The molecule has 0 aromatic rings. The Labute approximate surface area is 54.9 Å². The summed E-state index contributed by atoms with van der Waals surface area (Å²) in [4.78, 5) is 0. The summed E-state index contributed by atoms with van der Waals surface area (Å²) >= 11 is 0. The minimum Gasteiger partial charge on any atom is -0.390 e. The van der Waals surface area contributed by atoms with E-state index in [9.17, 15) is 4.39 Å². The van der Waals surface area contributed by atoms with Gasteiger partial charge in [-0.05, 0) is 19.8 Å². The van der Waals surface area contributed by atoms with Crippen LogP contribution in [0.3, 0.4) is 0 Å². The Kier molecular flexibility index (Phi) is 1.75. The largest absolute Gasteiger partial charge is 0.390 e. The number of aliphatic hydroxyl groups excluding tert-OH is 1. The molecule has 9 heavy (non-hydrogen) atoms. The Morgan fingerprint density at radius 1 is 1.56 bits per heavy atom. The Hall–Kier alpha value is -0.110. The van der Waals surface area contributed by atoms with E-state index in [1.807, 2.05) is 0 Å². The predicted octanol–water partition coefficient (Wildman–Crippen LogP) is 1.65. The van der Waals surface area contributed by atoms with Gasteiger partial charge in [0.25, 0.3) is 0 Å². The number of alkyl halides is 1. The van der Waals surface area contributed by atoms with E-state index < -0.39 is 11.8 Å². The van der Waals surface area contributed by atoms with Crippen LogP contribution in [0.15, 0.2) is 0 Å². The van der Waals surface area contributed by atoms with Gasteiger partial charge in [0, 0.05) is 0 Å². The molecule has 1 fully saturated rings. The molecular weight excluding hydrogens is 119 g/mol. The summed E-state index contributed by atoms with van der Waals surface area (Å²) in [6.45, 7) is 1.48. The second-order valence-electron chi connectivity index (χ2n) is 3.04. The highest BCUT2D eigenvalue weighted by atomic mass is 19.1. The van der Waals surface area contributed by atoms with Crippen molar-refractivity contribution in [1.29, 1.82) is 0 Å². The van der Waals surface area contributed by atoms with Gasteiger partial charge >= 0.3 is 0 Å². The highest BCUT2D eigenvalue weighted by Crippen LogP contribution is 2.31. The summed E-state index contributed by atoms with van der Waals surface area (Å²) in [6.07, 6.45) is 2.33. The van der Waals surface area contributed by atoms with Gasteiger partial charge in [0.15, 0.2) is 0 Å². The Bertz CT molecular complexity index is 101. The molecule has 0 aromatic heterocycles. The molecule has 1 rings (SSSR count). The maximum atomic E-state index is 13.0. The zero-order valence-electron chi connectivity index (χ0n) is 5.73. The molecule has 0 aliphatic heterocycles. The van der Waals surface area contributed by atoms with E-state index in [1.54, 1.807) is 0 Å². The average molecular weight is 132 g/mol.